The molecule has 0 aromatic heterocycles. The maximum Gasteiger partial charge on any atom is 0.255 e. The van der Waals surface area contributed by atoms with Gasteiger partial charge < -0.3 is 14.7 Å². The summed E-state index contributed by atoms with van der Waals surface area (Å²) in [7, 11) is 2.10. The van der Waals surface area contributed by atoms with Crippen molar-refractivity contribution in [2.75, 3.05) is 59.5 Å². The summed E-state index contributed by atoms with van der Waals surface area (Å²) in [4.78, 5) is 32.9. The Kier molecular flexibility index (Phi) is 4.93. The van der Waals surface area contributed by atoms with Crippen molar-refractivity contribution in [2.24, 2.45) is 0 Å². The van der Waals surface area contributed by atoms with Gasteiger partial charge in [0.25, 0.3) is 5.91 Å². The summed E-state index contributed by atoms with van der Waals surface area (Å²) in [5.41, 5.74) is 0.681. The molecule has 0 aliphatic carbocycles. The molecule has 0 spiro atoms. The van der Waals surface area contributed by atoms with Crippen LogP contribution >= 0.6 is 0 Å². The number of likely N-dealkylation sites (N-methyl/N-ethyl adjacent to an activating group) is 1. The summed E-state index contributed by atoms with van der Waals surface area (Å²) >= 11 is 0. The van der Waals surface area contributed by atoms with Gasteiger partial charge in [0.1, 0.15) is 0 Å². The Balaban J connectivity index is 1.51. The minimum absolute atomic E-state index is 0.000460. The zero-order valence-electron chi connectivity index (χ0n) is 13.6. The molecule has 23 heavy (non-hydrogen) atoms. The predicted octanol–water partition coefficient (Wildman–Crippen LogP) is 0.176. The van der Waals surface area contributed by atoms with Crippen molar-refractivity contribution in [3.63, 3.8) is 0 Å². The van der Waals surface area contributed by atoms with Gasteiger partial charge in [-0.25, -0.2) is 0 Å². The fourth-order valence-corrected chi connectivity index (χ4v) is 3.02. The van der Waals surface area contributed by atoms with Crippen molar-refractivity contribution in [2.45, 2.75) is 0 Å². The van der Waals surface area contributed by atoms with Crippen molar-refractivity contribution in [3.05, 3.63) is 35.9 Å². The van der Waals surface area contributed by atoms with E-state index in [0.717, 1.165) is 26.2 Å². The van der Waals surface area contributed by atoms with Crippen LogP contribution in [0.2, 0.25) is 0 Å². The number of benzene rings is 1. The number of piperazine rings is 1. The molecule has 0 saturated carbocycles. The van der Waals surface area contributed by atoms with E-state index in [-0.39, 0.29) is 11.8 Å². The van der Waals surface area contributed by atoms with Crippen LogP contribution in [-0.4, -0.2) is 90.9 Å². The fraction of sp³-hybridized carbons (Fsp3) is 0.529. The topological polar surface area (TPSA) is 47.1 Å². The third kappa shape index (κ3) is 3.89. The molecule has 124 valence electrons. The van der Waals surface area contributed by atoms with Crippen molar-refractivity contribution < 1.29 is 9.59 Å². The second-order valence-electron chi connectivity index (χ2n) is 6.31. The van der Waals surface area contributed by atoms with Crippen LogP contribution in [-0.2, 0) is 4.79 Å². The molecule has 3 rings (SSSR count). The number of amides is 2. The minimum atomic E-state index is 0.000460. The molecule has 6 heteroatoms. The summed E-state index contributed by atoms with van der Waals surface area (Å²) in [6.07, 6.45) is 0. The second-order valence-corrected chi connectivity index (χ2v) is 6.31. The summed E-state index contributed by atoms with van der Waals surface area (Å²) in [6, 6.07) is 9.25. The van der Waals surface area contributed by atoms with Gasteiger partial charge in [-0.15, -0.1) is 0 Å². The van der Waals surface area contributed by atoms with Gasteiger partial charge in [-0.2, -0.15) is 0 Å². The molecule has 0 unspecified atom stereocenters. The molecule has 2 amide bonds. The van der Waals surface area contributed by atoms with E-state index < -0.39 is 0 Å². The summed E-state index contributed by atoms with van der Waals surface area (Å²) < 4.78 is 0. The van der Waals surface area contributed by atoms with E-state index in [1.54, 1.807) is 9.80 Å². The molecule has 0 atom stereocenters. The molecule has 2 saturated heterocycles. The van der Waals surface area contributed by atoms with E-state index in [0.29, 0.717) is 31.9 Å². The van der Waals surface area contributed by atoms with Gasteiger partial charge in [0.15, 0.2) is 0 Å². The average Bonchev–Trinajstić information content (AvgIpc) is 3.07. The van der Waals surface area contributed by atoms with Gasteiger partial charge in [-0.1, -0.05) is 18.2 Å². The van der Waals surface area contributed by atoms with Gasteiger partial charge >= 0.3 is 0 Å². The normalized spacial score (nSPS) is 20.0. The Morgan fingerprint density at radius 1 is 0.913 bits per heavy atom. The van der Waals surface area contributed by atoms with E-state index in [4.69, 9.17) is 0 Å². The Morgan fingerprint density at radius 3 is 2.26 bits per heavy atom. The first kappa shape index (κ1) is 16.0. The molecule has 2 aliphatic heterocycles. The quantitative estimate of drug-likeness (QED) is 0.798. The van der Waals surface area contributed by atoms with Gasteiger partial charge in [-0.3, -0.25) is 14.5 Å². The molecular weight excluding hydrogens is 292 g/mol. The first-order chi connectivity index (χ1) is 11.1. The highest BCUT2D eigenvalue weighted by atomic mass is 16.2. The highest BCUT2D eigenvalue weighted by Gasteiger charge is 2.29. The van der Waals surface area contributed by atoms with Crippen LogP contribution in [0.4, 0.5) is 0 Å². The maximum absolute atomic E-state index is 12.4. The van der Waals surface area contributed by atoms with E-state index >= 15 is 0 Å². The lowest BCUT2D eigenvalue weighted by Gasteiger charge is -2.32. The van der Waals surface area contributed by atoms with Gasteiger partial charge in [0, 0.05) is 44.8 Å². The maximum atomic E-state index is 12.4. The predicted molar refractivity (Wildman–Crippen MR) is 88.0 cm³/mol. The average molecular weight is 316 g/mol. The molecule has 1 aromatic carbocycles. The molecule has 0 bridgehead atoms. The molecule has 2 fully saturated rings. The lowest BCUT2D eigenvalue weighted by atomic mass is 10.2. The van der Waals surface area contributed by atoms with Crippen LogP contribution in [0.25, 0.3) is 0 Å². The highest BCUT2D eigenvalue weighted by molar-refractivity contribution is 5.94. The largest absolute Gasteiger partial charge is 0.322 e. The fourth-order valence-electron chi connectivity index (χ4n) is 3.02. The number of hydrogen-bond donors (Lipinski definition) is 0. The van der Waals surface area contributed by atoms with E-state index in [1.807, 2.05) is 30.3 Å². The van der Waals surface area contributed by atoms with E-state index in [2.05, 4.69) is 16.8 Å². The van der Waals surface area contributed by atoms with Crippen LogP contribution in [0.5, 0.6) is 0 Å². The van der Waals surface area contributed by atoms with Crippen LogP contribution in [0.15, 0.2) is 30.3 Å². The van der Waals surface area contributed by atoms with Gasteiger partial charge in [0.05, 0.1) is 13.2 Å². The minimum Gasteiger partial charge on any atom is -0.322 e. The van der Waals surface area contributed by atoms with Crippen LogP contribution in [0.1, 0.15) is 10.4 Å². The Hall–Kier alpha value is -1.92. The molecule has 6 nitrogen and oxygen atoms in total. The van der Waals surface area contributed by atoms with Crippen molar-refractivity contribution >= 4 is 11.8 Å². The van der Waals surface area contributed by atoms with Crippen LogP contribution in [0, 0.1) is 0 Å². The van der Waals surface area contributed by atoms with Gasteiger partial charge in [-0.05, 0) is 19.2 Å². The smallest absolute Gasteiger partial charge is 0.255 e. The van der Waals surface area contributed by atoms with Gasteiger partial charge in [0.2, 0.25) is 5.91 Å². The summed E-state index contributed by atoms with van der Waals surface area (Å²) in [5, 5.41) is 0. The monoisotopic (exact) mass is 316 g/mol. The van der Waals surface area contributed by atoms with Crippen molar-refractivity contribution in [1.82, 2.24) is 19.6 Å². The SMILES string of the molecule is CN1CCN(CC(=O)N2CCN(C(=O)c3ccccc3)C2)CC1. The summed E-state index contributed by atoms with van der Waals surface area (Å²) in [6.45, 7) is 5.98. The lowest BCUT2D eigenvalue weighted by molar-refractivity contribution is -0.132. The molecule has 0 radical (unpaired) electrons. The Labute approximate surface area is 137 Å². The number of nitrogens with zero attached hydrogens (tertiary/aromatic N) is 4. The van der Waals surface area contributed by atoms with Crippen LogP contribution < -0.4 is 0 Å². The van der Waals surface area contributed by atoms with Crippen LogP contribution in [0.3, 0.4) is 0 Å². The third-order valence-corrected chi connectivity index (χ3v) is 4.60. The zero-order valence-corrected chi connectivity index (χ0v) is 13.6. The Bertz CT molecular complexity index is 555. The number of hydrogen-bond acceptors (Lipinski definition) is 4. The standard InChI is InChI=1S/C17H24N4O2/c1-18-7-9-19(10-8-18)13-16(22)20-11-12-21(14-20)17(23)15-5-3-2-4-6-15/h2-6H,7-14H2,1H3. The zero-order chi connectivity index (χ0) is 16.2. The Morgan fingerprint density at radius 2 is 1.57 bits per heavy atom. The van der Waals surface area contributed by atoms with Crippen molar-refractivity contribution in [3.8, 4) is 0 Å². The molecule has 0 N–H and O–H groups in total. The molecular formula is C17H24N4O2. The molecule has 1 aromatic rings. The first-order valence-electron chi connectivity index (χ1n) is 8.16. The first-order valence-corrected chi connectivity index (χ1v) is 8.16. The molecule has 2 heterocycles. The number of carbonyl (C=O) groups is 2. The molecule has 2 aliphatic rings. The third-order valence-electron chi connectivity index (χ3n) is 4.60. The van der Waals surface area contributed by atoms with E-state index in [1.165, 1.54) is 0 Å². The summed E-state index contributed by atoms with van der Waals surface area (Å²) in [5.74, 6) is 0.124. The second kappa shape index (κ2) is 7.10. The van der Waals surface area contributed by atoms with Crippen molar-refractivity contribution in [1.29, 1.82) is 0 Å². The number of carbonyl (C=O) groups excluding carboxylic acids is 2. The van der Waals surface area contributed by atoms with E-state index in [9.17, 15) is 9.59 Å². The number of rotatable bonds is 3. The lowest BCUT2D eigenvalue weighted by Crippen LogP contribution is -2.48. The highest BCUT2D eigenvalue weighted by Crippen LogP contribution is 2.12.